The first-order chi connectivity index (χ1) is 9.77. The predicted octanol–water partition coefficient (Wildman–Crippen LogP) is 1.88. The fraction of sp³-hybridized carbons (Fsp3) is 0.417. The normalized spacial score (nSPS) is 11.7. The van der Waals surface area contributed by atoms with Gasteiger partial charge in [-0.2, -0.15) is 0 Å². The van der Waals surface area contributed by atoms with Crippen molar-refractivity contribution < 1.29 is 14.6 Å². The zero-order valence-electron chi connectivity index (χ0n) is 11.7. The highest BCUT2D eigenvalue weighted by atomic mass is 16.6. The number of carbonyl (C=O) groups is 1. The number of nitrogens with zero attached hydrogens (tertiary/aromatic N) is 2. The van der Waals surface area contributed by atoms with Crippen LogP contribution in [0, 0.1) is 27.2 Å². The molecule has 1 aromatic carbocycles. The SMILES string of the molecule is CCCC(Nc1c([N+](=O)[O-])cc(C)cc1[N+](=O)[O-])C(N)=O. The van der Waals surface area contributed by atoms with E-state index in [4.69, 9.17) is 5.73 Å². The van der Waals surface area contributed by atoms with Crippen molar-refractivity contribution in [2.24, 2.45) is 5.73 Å². The van der Waals surface area contributed by atoms with Gasteiger partial charge >= 0.3 is 0 Å². The van der Waals surface area contributed by atoms with Crippen LogP contribution >= 0.6 is 0 Å². The molecule has 9 heteroatoms. The van der Waals surface area contributed by atoms with Gasteiger partial charge in [-0.25, -0.2) is 0 Å². The van der Waals surface area contributed by atoms with Crippen LogP contribution in [0.15, 0.2) is 12.1 Å². The van der Waals surface area contributed by atoms with Crippen molar-refractivity contribution in [3.05, 3.63) is 37.9 Å². The second-order valence-corrected chi connectivity index (χ2v) is 4.58. The predicted molar refractivity (Wildman–Crippen MR) is 76.0 cm³/mol. The van der Waals surface area contributed by atoms with Gasteiger partial charge in [-0.3, -0.25) is 25.0 Å². The van der Waals surface area contributed by atoms with Crippen LogP contribution in [0.2, 0.25) is 0 Å². The average molecular weight is 296 g/mol. The third-order valence-electron chi connectivity index (χ3n) is 2.87. The first kappa shape index (κ1) is 16.3. The van der Waals surface area contributed by atoms with Crippen molar-refractivity contribution in [1.82, 2.24) is 0 Å². The fourth-order valence-corrected chi connectivity index (χ4v) is 1.93. The number of nitro groups is 2. The number of nitro benzene ring substituents is 2. The van der Waals surface area contributed by atoms with Gasteiger partial charge in [0.05, 0.1) is 9.85 Å². The van der Waals surface area contributed by atoms with Crippen LogP contribution in [0.3, 0.4) is 0 Å². The van der Waals surface area contributed by atoms with Crippen molar-refractivity contribution in [1.29, 1.82) is 0 Å². The van der Waals surface area contributed by atoms with Crippen molar-refractivity contribution in [2.45, 2.75) is 32.7 Å². The van der Waals surface area contributed by atoms with Crippen LogP contribution in [-0.2, 0) is 4.79 Å². The van der Waals surface area contributed by atoms with Crippen LogP contribution < -0.4 is 11.1 Å². The number of amides is 1. The van der Waals surface area contributed by atoms with Gasteiger partial charge in [0.15, 0.2) is 5.69 Å². The Morgan fingerprint density at radius 3 is 2.10 bits per heavy atom. The number of hydrogen-bond acceptors (Lipinski definition) is 6. The first-order valence-corrected chi connectivity index (χ1v) is 6.27. The summed E-state index contributed by atoms with van der Waals surface area (Å²) >= 11 is 0. The molecule has 1 rings (SSSR count). The number of primary amides is 1. The smallest absolute Gasteiger partial charge is 0.299 e. The largest absolute Gasteiger partial charge is 0.368 e. The van der Waals surface area contributed by atoms with Crippen molar-refractivity contribution in [3.8, 4) is 0 Å². The summed E-state index contributed by atoms with van der Waals surface area (Å²) in [7, 11) is 0. The summed E-state index contributed by atoms with van der Waals surface area (Å²) in [6.45, 7) is 3.32. The second-order valence-electron chi connectivity index (χ2n) is 4.58. The number of hydrogen-bond donors (Lipinski definition) is 2. The Bertz CT molecular complexity index is 552. The molecule has 9 nitrogen and oxygen atoms in total. The van der Waals surface area contributed by atoms with E-state index >= 15 is 0 Å². The number of nitrogens with one attached hydrogen (secondary N) is 1. The molecule has 1 unspecified atom stereocenters. The Labute approximate surface area is 120 Å². The third-order valence-corrected chi connectivity index (χ3v) is 2.87. The van der Waals surface area contributed by atoms with E-state index in [1.165, 1.54) is 19.1 Å². The van der Waals surface area contributed by atoms with Gasteiger partial charge in [0.25, 0.3) is 11.4 Å². The molecule has 0 aliphatic heterocycles. The number of anilines is 1. The van der Waals surface area contributed by atoms with E-state index in [0.717, 1.165) is 0 Å². The van der Waals surface area contributed by atoms with Crippen LogP contribution in [0.25, 0.3) is 0 Å². The summed E-state index contributed by atoms with van der Waals surface area (Å²) in [6.07, 6.45) is 0.908. The highest BCUT2D eigenvalue weighted by Gasteiger charge is 2.29. The summed E-state index contributed by atoms with van der Waals surface area (Å²) in [6, 6.07) is 1.51. The minimum Gasteiger partial charge on any atom is -0.368 e. The van der Waals surface area contributed by atoms with E-state index in [1.54, 1.807) is 6.92 Å². The standard InChI is InChI=1S/C12H16N4O5/c1-3-4-8(12(13)17)14-11-9(15(18)19)5-7(2)6-10(11)16(20)21/h5-6,8,14H,3-4H2,1-2H3,(H2,13,17). The van der Waals surface area contributed by atoms with Crippen molar-refractivity contribution >= 4 is 23.0 Å². The molecule has 3 N–H and O–H groups in total. The molecule has 21 heavy (non-hydrogen) atoms. The Morgan fingerprint density at radius 1 is 1.29 bits per heavy atom. The quantitative estimate of drug-likeness (QED) is 0.581. The number of benzene rings is 1. The molecule has 0 aromatic heterocycles. The van der Waals surface area contributed by atoms with E-state index < -0.39 is 33.2 Å². The second kappa shape index (κ2) is 6.64. The molecule has 0 aliphatic carbocycles. The molecule has 0 bridgehead atoms. The summed E-state index contributed by atoms with van der Waals surface area (Å²) < 4.78 is 0. The molecule has 0 aliphatic rings. The maximum Gasteiger partial charge on any atom is 0.299 e. The number of carbonyl (C=O) groups excluding carboxylic acids is 1. The van der Waals surface area contributed by atoms with Crippen LogP contribution in [0.4, 0.5) is 17.1 Å². The van der Waals surface area contributed by atoms with Gasteiger partial charge < -0.3 is 11.1 Å². The van der Waals surface area contributed by atoms with Crippen LogP contribution in [0.5, 0.6) is 0 Å². The lowest BCUT2D eigenvalue weighted by atomic mass is 10.1. The fourth-order valence-electron chi connectivity index (χ4n) is 1.93. The lowest BCUT2D eigenvalue weighted by Crippen LogP contribution is -2.35. The average Bonchev–Trinajstić information content (AvgIpc) is 2.38. The monoisotopic (exact) mass is 296 g/mol. The molecule has 0 heterocycles. The number of nitrogens with two attached hydrogens (primary N) is 1. The molecular formula is C12H16N4O5. The molecule has 1 aromatic rings. The summed E-state index contributed by atoms with van der Waals surface area (Å²) in [5.41, 5.74) is 4.38. The maximum absolute atomic E-state index is 11.3. The molecular weight excluding hydrogens is 280 g/mol. The van der Waals surface area contributed by atoms with Gasteiger partial charge in [0.2, 0.25) is 5.91 Å². The summed E-state index contributed by atoms with van der Waals surface area (Å²) in [5.74, 6) is -0.721. The lowest BCUT2D eigenvalue weighted by Gasteiger charge is -2.16. The van der Waals surface area contributed by atoms with E-state index in [9.17, 15) is 25.0 Å². The minimum absolute atomic E-state index is 0.298. The van der Waals surface area contributed by atoms with Crippen molar-refractivity contribution in [2.75, 3.05) is 5.32 Å². The van der Waals surface area contributed by atoms with Gasteiger partial charge in [0.1, 0.15) is 6.04 Å². The molecule has 0 saturated carbocycles. The molecule has 0 saturated heterocycles. The van der Waals surface area contributed by atoms with E-state index in [2.05, 4.69) is 5.32 Å². The van der Waals surface area contributed by atoms with Crippen molar-refractivity contribution in [3.63, 3.8) is 0 Å². The molecule has 0 fully saturated rings. The number of rotatable bonds is 7. The van der Waals surface area contributed by atoms with E-state index in [-0.39, 0.29) is 5.69 Å². The van der Waals surface area contributed by atoms with Crippen LogP contribution in [-0.4, -0.2) is 21.8 Å². The zero-order valence-corrected chi connectivity index (χ0v) is 11.7. The Hall–Kier alpha value is -2.71. The molecule has 0 spiro atoms. The van der Waals surface area contributed by atoms with Gasteiger partial charge in [-0.15, -0.1) is 0 Å². The van der Waals surface area contributed by atoms with Gasteiger partial charge in [-0.05, 0) is 18.9 Å². The Morgan fingerprint density at radius 2 is 1.76 bits per heavy atom. The minimum atomic E-state index is -0.907. The molecule has 1 amide bonds. The summed E-state index contributed by atoms with van der Waals surface area (Å²) in [4.78, 5) is 32.1. The first-order valence-electron chi connectivity index (χ1n) is 6.27. The lowest BCUT2D eigenvalue weighted by molar-refractivity contribution is -0.392. The third kappa shape index (κ3) is 3.88. The van der Waals surface area contributed by atoms with Gasteiger partial charge in [0, 0.05) is 12.1 Å². The van der Waals surface area contributed by atoms with E-state index in [0.29, 0.717) is 18.4 Å². The number of aryl methyl sites for hydroxylation is 1. The van der Waals surface area contributed by atoms with E-state index in [1.807, 2.05) is 0 Å². The Kier molecular flexibility index (Phi) is 5.17. The molecule has 1 atom stereocenters. The summed E-state index contributed by atoms with van der Waals surface area (Å²) in [5, 5.41) is 24.7. The molecule has 114 valence electrons. The topological polar surface area (TPSA) is 141 Å². The molecule has 0 radical (unpaired) electrons. The zero-order chi connectivity index (χ0) is 16.2. The Balaban J connectivity index is 3.40. The highest BCUT2D eigenvalue weighted by molar-refractivity contribution is 5.86. The maximum atomic E-state index is 11.3. The van der Waals surface area contributed by atoms with Gasteiger partial charge in [-0.1, -0.05) is 13.3 Å². The highest BCUT2D eigenvalue weighted by Crippen LogP contribution is 2.36. The van der Waals surface area contributed by atoms with Crippen LogP contribution in [0.1, 0.15) is 25.3 Å².